The van der Waals surface area contributed by atoms with Crippen molar-refractivity contribution in [3.8, 4) is 5.75 Å². The van der Waals surface area contributed by atoms with Gasteiger partial charge in [0.2, 0.25) is 0 Å². The van der Waals surface area contributed by atoms with Crippen molar-refractivity contribution in [3.63, 3.8) is 0 Å². The predicted molar refractivity (Wildman–Crippen MR) is 73.4 cm³/mol. The van der Waals surface area contributed by atoms with Crippen molar-refractivity contribution in [2.24, 2.45) is 0 Å². The molecule has 2 aliphatic heterocycles. The molecule has 3 rings (SSSR count). The van der Waals surface area contributed by atoms with E-state index in [-0.39, 0.29) is 5.78 Å². The summed E-state index contributed by atoms with van der Waals surface area (Å²) in [6, 6.07) is 6.04. The molecule has 0 aliphatic carbocycles. The fraction of sp³-hybridized carbons (Fsp3) is 0.231. The molecule has 0 amide bonds. The second kappa shape index (κ2) is 4.27. The fourth-order valence-electron chi connectivity index (χ4n) is 1.99. The number of carbonyl (C=O) groups excluding carboxylic acids is 1. The summed E-state index contributed by atoms with van der Waals surface area (Å²) < 4.78 is 6.22. The zero-order valence-corrected chi connectivity index (χ0v) is 10.7. The van der Waals surface area contributed by atoms with Crippen LogP contribution in [0.5, 0.6) is 5.75 Å². The Morgan fingerprint density at radius 2 is 2.29 bits per heavy atom. The molecule has 86 valence electrons. The van der Waals surface area contributed by atoms with Gasteiger partial charge in [0.05, 0.1) is 22.1 Å². The van der Waals surface area contributed by atoms with Gasteiger partial charge in [0.25, 0.3) is 0 Å². The van der Waals surface area contributed by atoms with E-state index >= 15 is 0 Å². The average molecular weight is 262 g/mol. The van der Waals surface area contributed by atoms with Crippen LogP contribution in [0.1, 0.15) is 17.5 Å². The van der Waals surface area contributed by atoms with Crippen LogP contribution < -0.4 is 4.74 Å². The molecule has 0 saturated carbocycles. The Morgan fingerprint density at radius 1 is 1.41 bits per heavy atom. The van der Waals surface area contributed by atoms with E-state index in [1.807, 2.05) is 18.2 Å². The molecule has 1 aromatic rings. The number of benzene rings is 1. The minimum absolute atomic E-state index is 0.136. The molecule has 17 heavy (non-hydrogen) atoms. The molecule has 0 unspecified atom stereocenters. The Bertz CT molecular complexity index is 546. The number of ketones is 1. The molecule has 1 aromatic carbocycles. The second-order valence-corrected chi connectivity index (χ2v) is 5.94. The van der Waals surface area contributed by atoms with E-state index in [0.717, 1.165) is 33.4 Å². The van der Waals surface area contributed by atoms with Crippen molar-refractivity contribution in [2.75, 3.05) is 6.61 Å². The summed E-state index contributed by atoms with van der Waals surface area (Å²) in [5, 5.41) is 0. The lowest BCUT2D eigenvalue weighted by molar-refractivity contribution is -0.113. The van der Waals surface area contributed by atoms with E-state index in [4.69, 9.17) is 17.0 Å². The molecule has 0 spiro atoms. The van der Waals surface area contributed by atoms with Crippen molar-refractivity contribution < 1.29 is 9.53 Å². The largest absolute Gasteiger partial charge is 0.493 e. The number of carbonyl (C=O) groups is 1. The molecule has 4 heteroatoms. The lowest BCUT2D eigenvalue weighted by atomic mass is 10.1. The van der Waals surface area contributed by atoms with Crippen LogP contribution in [0.2, 0.25) is 0 Å². The number of allylic oxidation sites excluding steroid dienone is 1. The quantitative estimate of drug-likeness (QED) is 0.574. The smallest absolute Gasteiger partial charge is 0.175 e. The number of fused-ring (bicyclic) bond motifs is 1. The minimum atomic E-state index is 0.136. The van der Waals surface area contributed by atoms with Gasteiger partial charge >= 0.3 is 0 Å². The van der Waals surface area contributed by atoms with Crippen molar-refractivity contribution in [1.29, 1.82) is 0 Å². The van der Waals surface area contributed by atoms with Crippen LogP contribution in [0.3, 0.4) is 0 Å². The molecule has 1 fully saturated rings. The number of thiocarbonyl (C=S) groups is 1. The summed E-state index contributed by atoms with van der Waals surface area (Å²) >= 11 is 6.46. The molecule has 0 radical (unpaired) electrons. The van der Waals surface area contributed by atoms with Gasteiger partial charge in [-0.25, -0.2) is 0 Å². The maximum absolute atomic E-state index is 11.6. The van der Waals surface area contributed by atoms with Crippen molar-refractivity contribution in [1.82, 2.24) is 0 Å². The Hall–Kier alpha value is -1.13. The molecular weight excluding hydrogens is 252 g/mol. The van der Waals surface area contributed by atoms with Gasteiger partial charge in [-0.15, -0.1) is 0 Å². The minimum Gasteiger partial charge on any atom is -0.493 e. The van der Waals surface area contributed by atoms with Crippen LogP contribution >= 0.6 is 24.0 Å². The van der Waals surface area contributed by atoms with Crippen LogP contribution in [-0.2, 0) is 11.2 Å². The van der Waals surface area contributed by atoms with Gasteiger partial charge in [0, 0.05) is 6.42 Å². The molecule has 0 N–H and O–H groups in total. The average Bonchev–Trinajstić information content (AvgIpc) is 2.85. The van der Waals surface area contributed by atoms with Crippen LogP contribution in [-0.4, -0.2) is 16.6 Å². The summed E-state index contributed by atoms with van der Waals surface area (Å²) in [7, 11) is 0. The van der Waals surface area contributed by atoms with Crippen molar-refractivity contribution >= 4 is 40.0 Å². The standard InChI is InChI=1S/C13H10O2S2/c14-10-7-13(16)17-12(10)6-8-1-2-11-9(5-8)3-4-15-11/h1-2,5-6H,3-4,7H2/b12-6-. The van der Waals surface area contributed by atoms with E-state index in [1.54, 1.807) is 0 Å². The molecule has 1 saturated heterocycles. The summed E-state index contributed by atoms with van der Waals surface area (Å²) in [5.74, 6) is 1.10. The predicted octanol–water partition coefficient (Wildman–Crippen LogP) is 3.00. The van der Waals surface area contributed by atoms with Crippen LogP contribution in [0.15, 0.2) is 23.1 Å². The van der Waals surface area contributed by atoms with E-state index in [9.17, 15) is 4.79 Å². The molecule has 0 aromatic heterocycles. The third-order valence-corrected chi connectivity index (χ3v) is 4.15. The van der Waals surface area contributed by atoms with Gasteiger partial charge in [0.15, 0.2) is 5.78 Å². The summed E-state index contributed by atoms with van der Waals surface area (Å²) in [6.45, 7) is 0.757. The van der Waals surface area contributed by atoms with Crippen molar-refractivity contribution in [3.05, 3.63) is 34.2 Å². The number of hydrogen-bond acceptors (Lipinski definition) is 4. The number of thioether (sulfide) groups is 1. The lowest BCUT2D eigenvalue weighted by Gasteiger charge is -2.00. The maximum atomic E-state index is 11.6. The van der Waals surface area contributed by atoms with Crippen LogP contribution in [0.25, 0.3) is 6.08 Å². The monoisotopic (exact) mass is 262 g/mol. The first kappa shape index (κ1) is 11.0. The maximum Gasteiger partial charge on any atom is 0.175 e. The van der Waals surface area contributed by atoms with Gasteiger partial charge < -0.3 is 4.74 Å². The molecule has 2 nitrogen and oxygen atoms in total. The first-order valence-electron chi connectivity index (χ1n) is 5.44. The Labute approximate surface area is 109 Å². The highest BCUT2D eigenvalue weighted by atomic mass is 32.2. The summed E-state index contributed by atoms with van der Waals surface area (Å²) in [4.78, 5) is 12.4. The molecule has 0 atom stereocenters. The molecule has 0 bridgehead atoms. The zero-order valence-electron chi connectivity index (χ0n) is 9.06. The number of rotatable bonds is 1. The fourth-order valence-corrected chi connectivity index (χ4v) is 3.22. The van der Waals surface area contributed by atoms with Gasteiger partial charge in [0.1, 0.15) is 5.75 Å². The highest BCUT2D eigenvalue weighted by Gasteiger charge is 2.22. The molecule has 2 aliphatic rings. The topological polar surface area (TPSA) is 26.3 Å². The van der Waals surface area contributed by atoms with Crippen LogP contribution in [0, 0.1) is 0 Å². The first-order valence-corrected chi connectivity index (χ1v) is 6.66. The second-order valence-electron chi connectivity index (χ2n) is 4.05. The van der Waals surface area contributed by atoms with E-state index in [0.29, 0.717) is 6.42 Å². The number of Topliss-reactive ketones (excluding diaryl/α,β-unsaturated/α-hetero) is 1. The summed E-state index contributed by atoms with van der Waals surface area (Å²) in [6.07, 6.45) is 3.27. The van der Waals surface area contributed by atoms with Gasteiger partial charge in [-0.1, -0.05) is 30.0 Å². The Morgan fingerprint density at radius 3 is 3.06 bits per heavy atom. The first-order chi connectivity index (χ1) is 8.22. The summed E-state index contributed by atoms with van der Waals surface area (Å²) in [5.41, 5.74) is 2.27. The van der Waals surface area contributed by atoms with E-state index < -0.39 is 0 Å². The van der Waals surface area contributed by atoms with Gasteiger partial charge in [-0.3, -0.25) is 4.79 Å². The van der Waals surface area contributed by atoms with E-state index in [1.165, 1.54) is 17.3 Å². The highest BCUT2D eigenvalue weighted by molar-refractivity contribution is 8.27. The zero-order chi connectivity index (χ0) is 11.8. The third-order valence-electron chi connectivity index (χ3n) is 2.81. The highest BCUT2D eigenvalue weighted by Crippen LogP contribution is 2.33. The molecule has 2 heterocycles. The van der Waals surface area contributed by atoms with Gasteiger partial charge in [-0.2, -0.15) is 0 Å². The normalized spacial score (nSPS) is 20.8. The van der Waals surface area contributed by atoms with Gasteiger partial charge in [-0.05, 0) is 29.3 Å². The Balaban J connectivity index is 1.93. The lowest BCUT2D eigenvalue weighted by Crippen LogP contribution is -1.91. The van der Waals surface area contributed by atoms with Crippen molar-refractivity contribution in [2.45, 2.75) is 12.8 Å². The van der Waals surface area contributed by atoms with Crippen LogP contribution in [0.4, 0.5) is 0 Å². The van der Waals surface area contributed by atoms with E-state index in [2.05, 4.69) is 6.07 Å². The SMILES string of the molecule is O=C1CC(=S)S/C1=C\c1ccc2c(c1)CCO2. The molecular formula is C13H10O2S2. The third kappa shape index (κ3) is 2.15. The number of hydrogen-bond donors (Lipinski definition) is 0. The Kier molecular flexibility index (Phi) is 2.76. The number of ether oxygens (including phenoxy) is 1.